The molecule has 0 aromatic rings. The molecule has 0 spiro atoms. The number of ether oxygens (including phenoxy) is 2. The Labute approximate surface area is 223 Å². The average molecular weight is 555 g/mol. The molecule has 0 rings (SSSR count). The fourth-order valence-corrected chi connectivity index (χ4v) is 4.31. The molecule has 37 heavy (non-hydrogen) atoms. The molecule has 0 aliphatic carbocycles. The van der Waals surface area contributed by atoms with Crippen LogP contribution in [0.15, 0.2) is 0 Å². The van der Waals surface area contributed by atoms with E-state index < -0.39 is 51.8 Å². The molecule has 0 bridgehead atoms. The summed E-state index contributed by atoms with van der Waals surface area (Å²) in [4.78, 5) is 34.2. The summed E-state index contributed by atoms with van der Waals surface area (Å²) in [6, 6.07) is 0. The molecule has 0 aromatic heterocycles. The van der Waals surface area contributed by atoms with Crippen LogP contribution >= 0.6 is 7.82 Å². The van der Waals surface area contributed by atoms with Crippen LogP contribution in [-0.4, -0.2) is 65.7 Å². The van der Waals surface area contributed by atoms with Crippen LogP contribution in [0.1, 0.15) is 117 Å². The summed E-state index contributed by atoms with van der Waals surface area (Å²) in [5.74, 6) is -0.940. The van der Waals surface area contributed by atoms with E-state index in [4.69, 9.17) is 19.1 Å². The summed E-state index contributed by atoms with van der Waals surface area (Å²) < 4.78 is 32.1. The Morgan fingerprint density at radius 2 is 1.16 bits per heavy atom. The number of hydrogen-bond acceptors (Lipinski definition) is 9. The van der Waals surface area contributed by atoms with Crippen molar-refractivity contribution in [1.82, 2.24) is 0 Å². The number of phosphoric acid groups is 1. The second-order valence-electron chi connectivity index (χ2n) is 9.43. The highest BCUT2D eigenvalue weighted by molar-refractivity contribution is 7.47. The van der Waals surface area contributed by atoms with Crippen LogP contribution in [0, 0.1) is 0 Å². The van der Waals surface area contributed by atoms with Gasteiger partial charge in [-0.2, -0.15) is 0 Å². The fraction of sp³-hybridized carbons (Fsp3) is 0.923. The van der Waals surface area contributed by atoms with Crippen LogP contribution in [0.3, 0.4) is 0 Å². The molecular weight excluding hydrogens is 503 g/mol. The van der Waals surface area contributed by atoms with Gasteiger partial charge in [0.25, 0.3) is 0 Å². The molecule has 0 saturated heterocycles. The summed E-state index contributed by atoms with van der Waals surface area (Å²) in [7, 11) is -4.58. The molecule has 0 saturated carbocycles. The quantitative estimate of drug-likeness (QED) is 0.0739. The lowest BCUT2D eigenvalue weighted by atomic mass is 10.1. The van der Waals surface area contributed by atoms with E-state index in [2.05, 4.69) is 18.4 Å². The van der Waals surface area contributed by atoms with Gasteiger partial charge in [-0.3, -0.25) is 18.6 Å². The van der Waals surface area contributed by atoms with E-state index in [1.54, 1.807) is 0 Å². The maximum Gasteiger partial charge on any atom is 0.472 e. The van der Waals surface area contributed by atoms with Crippen LogP contribution in [-0.2, 0) is 32.7 Å². The summed E-state index contributed by atoms with van der Waals surface area (Å²) in [6.07, 6.45) is 12.8. The molecule has 0 aliphatic rings. The molecule has 0 fully saturated rings. The molecule has 0 aromatic carbocycles. The number of unbranched alkanes of at least 4 members (excludes halogenated alkanes) is 12. The molecule has 0 radical (unpaired) electrons. The van der Waals surface area contributed by atoms with Gasteiger partial charge in [0.2, 0.25) is 0 Å². The van der Waals surface area contributed by atoms with Crippen molar-refractivity contribution in [3.63, 3.8) is 0 Å². The highest BCUT2D eigenvalue weighted by Crippen LogP contribution is 2.43. The summed E-state index contributed by atoms with van der Waals surface area (Å²) in [5, 5.41) is 18.1. The van der Waals surface area contributed by atoms with E-state index >= 15 is 0 Å². The number of phosphoric ester groups is 1. The first-order chi connectivity index (χ1) is 17.7. The van der Waals surface area contributed by atoms with Crippen molar-refractivity contribution in [3.8, 4) is 0 Å². The van der Waals surface area contributed by atoms with E-state index in [0.717, 1.165) is 51.4 Å². The van der Waals surface area contributed by atoms with Crippen LogP contribution in [0.4, 0.5) is 0 Å². The minimum absolute atomic E-state index is 0.185. The Balaban J connectivity index is 4.51. The number of hydrogen-bond donors (Lipinski definition) is 3. The van der Waals surface area contributed by atoms with Gasteiger partial charge in [0, 0.05) is 12.8 Å². The zero-order valence-corrected chi connectivity index (χ0v) is 23.8. The molecule has 0 aliphatic heterocycles. The first-order valence-corrected chi connectivity index (χ1v) is 15.5. The third kappa shape index (κ3) is 23.8. The Kier molecular flexibility index (Phi) is 23.4. The van der Waals surface area contributed by atoms with Crippen molar-refractivity contribution in [1.29, 1.82) is 0 Å². The van der Waals surface area contributed by atoms with E-state index in [0.29, 0.717) is 12.8 Å². The Morgan fingerprint density at radius 3 is 1.68 bits per heavy atom. The molecule has 11 heteroatoms. The number of aliphatic hydroxyl groups is 2. The van der Waals surface area contributed by atoms with Gasteiger partial charge in [0.05, 0.1) is 19.8 Å². The molecule has 0 amide bonds. The van der Waals surface area contributed by atoms with Gasteiger partial charge >= 0.3 is 19.8 Å². The maximum absolute atomic E-state index is 12.3. The first kappa shape index (κ1) is 36.0. The molecule has 3 N–H and O–H groups in total. The van der Waals surface area contributed by atoms with Crippen molar-refractivity contribution < 1.29 is 47.8 Å². The lowest BCUT2D eigenvalue weighted by Crippen LogP contribution is -2.29. The summed E-state index contributed by atoms with van der Waals surface area (Å²) in [5.41, 5.74) is 0. The van der Waals surface area contributed by atoms with Gasteiger partial charge in [-0.15, -0.1) is 0 Å². The zero-order chi connectivity index (χ0) is 27.8. The van der Waals surface area contributed by atoms with Crippen LogP contribution in [0.5, 0.6) is 0 Å². The van der Waals surface area contributed by atoms with E-state index in [1.807, 2.05) is 0 Å². The van der Waals surface area contributed by atoms with Crippen LogP contribution in [0.2, 0.25) is 0 Å². The van der Waals surface area contributed by atoms with Gasteiger partial charge in [-0.25, -0.2) is 4.57 Å². The lowest BCUT2D eigenvalue weighted by molar-refractivity contribution is -0.161. The smallest absolute Gasteiger partial charge is 0.462 e. The van der Waals surface area contributed by atoms with Crippen molar-refractivity contribution in [3.05, 3.63) is 0 Å². The number of aliphatic hydroxyl groups excluding tert-OH is 2. The normalized spacial score (nSPS) is 14.6. The standard InChI is InChI=1S/C26H51O10P/c1-3-5-7-9-11-12-14-15-17-25(29)33-21-24(22-35-37(31,32)34-20-23(28)19-27)36-26(30)18-16-13-10-8-6-4-2/h23-24,27-28H,3-22H2,1-2H3,(H,31,32)/t23-,24+/m0/s1. The van der Waals surface area contributed by atoms with E-state index in [-0.39, 0.29) is 19.4 Å². The number of rotatable bonds is 26. The predicted octanol–water partition coefficient (Wildman–Crippen LogP) is 5.21. The first-order valence-electron chi connectivity index (χ1n) is 14.0. The Hall–Kier alpha value is -1.03. The molecule has 0 heterocycles. The van der Waals surface area contributed by atoms with Gasteiger partial charge in [-0.05, 0) is 12.8 Å². The zero-order valence-electron chi connectivity index (χ0n) is 22.9. The second-order valence-corrected chi connectivity index (χ2v) is 10.9. The third-order valence-corrected chi connectivity index (χ3v) is 6.71. The van der Waals surface area contributed by atoms with E-state index in [9.17, 15) is 24.2 Å². The SMILES string of the molecule is CCCCCCCCCCC(=O)OC[C@H](COP(=O)(O)OC[C@@H](O)CO)OC(=O)CCCCCCCC. The van der Waals surface area contributed by atoms with Crippen molar-refractivity contribution >= 4 is 19.8 Å². The summed E-state index contributed by atoms with van der Waals surface area (Å²) in [6.45, 7) is 2.22. The Bertz CT molecular complexity index is 616. The Morgan fingerprint density at radius 1 is 0.703 bits per heavy atom. The largest absolute Gasteiger partial charge is 0.472 e. The third-order valence-electron chi connectivity index (χ3n) is 5.76. The molecular formula is C26H51O10P. The monoisotopic (exact) mass is 554 g/mol. The molecule has 10 nitrogen and oxygen atoms in total. The van der Waals surface area contributed by atoms with E-state index in [1.165, 1.54) is 25.7 Å². The summed E-state index contributed by atoms with van der Waals surface area (Å²) >= 11 is 0. The van der Waals surface area contributed by atoms with Crippen LogP contribution in [0.25, 0.3) is 0 Å². The minimum atomic E-state index is -4.58. The molecule has 1 unspecified atom stereocenters. The van der Waals surface area contributed by atoms with Crippen molar-refractivity contribution in [2.45, 2.75) is 129 Å². The minimum Gasteiger partial charge on any atom is -0.462 e. The topological polar surface area (TPSA) is 149 Å². The molecule has 3 atom stereocenters. The maximum atomic E-state index is 12.3. The number of carbonyl (C=O) groups excluding carboxylic acids is 2. The predicted molar refractivity (Wildman–Crippen MR) is 141 cm³/mol. The highest BCUT2D eigenvalue weighted by Gasteiger charge is 2.27. The van der Waals surface area contributed by atoms with Crippen molar-refractivity contribution in [2.24, 2.45) is 0 Å². The average Bonchev–Trinajstić information content (AvgIpc) is 2.87. The number of esters is 2. The van der Waals surface area contributed by atoms with Crippen molar-refractivity contribution in [2.75, 3.05) is 26.4 Å². The van der Waals surface area contributed by atoms with Gasteiger partial charge in [0.15, 0.2) is 6.10 Å². The fourth-order valence-electron chi connectivity index (χ4n) is 3.52. The van der Waals surface area contributed by atoms with Gasteiger partial charge < -0.3 is 24.6 Å². The second kappa shape index (κ2) is 24.0. The highest BCUT2D eigenvalue weighted by atomic mass is 31.2. The van der Waals surface area contributed by atoms with Gasteiger partial charge in [-0.1, -0.05) is 90.9 Å². The molecule has 220 valence electrons. The van der Waals surface area contributed by atoms with Crippen LogP contribution < -0.4 is 0 Å². The lowest BCUT2D eigenvalue weighted by Gasteiger charge is -2.20. The number of carbonyl (C=O) groups is 2. The van der Waals surface area contributed by atoms with Gasteiger partial charge in [0.1, 0.15) is 12.7 Å².